The van der Waals surface area contributed by atoms with Crippen molar-refractivity contribution >= 4 is 28.9 Å². The van der Waals surface area contributed by atoms with Gasteiger partial charge in [0, 0.05) is 26.7 Å². The number of methoxy groups -OCH3 is 1. The number of nitrogens with zero attached hydrogens (tertiary/aromatic N) is 2. The van der Waals surface area contributed by atoms with E-state index in [1.54, 1.807) is 30.2 Å². The highest BCUT2D eigenvalue weighted by Crippen LogP contribution is 2.38. The molecule has 30 heavy (non-hydrogen) atoms. The molecule has 0 aromatic heterocycles. The van der Waals surface area contributed by atoms with Crippen molar-refractivity contribution in [1.29, 1.82) is 0 Å². The highest BCUT2D eigenvalue weighted by Gasteiger charge is 2.33. The van der Waals surface area contributed by atoms with Crippen LogP contribution < -0.4 is 4.90 Å². The summed E-state index contributed by atoms with van der Waals surface area (Å²) in [7, 11) is 1.66. The van der Waals surface area contributed by atoms with Crippen LogP contribution in [0.2, 0.25) is 5.02 Å². The summed E-state index contributed by atoms with van der Waals surface area (Å²) in [6.45, 7) is 2.45. The Balaban J connectivity index is 1.86. The van der Waals surface area contributed by atoms with Crippen LogP contribution in [0.3, 0.4) is 0 Å². The Morgan fingerprint density at radius 3 is 2.63 bits per heavy atom. The molecule has 0 bridgehead atoms. The van der Waals surface area contributed by atoms with Gasteiger partial charge in [-0.15, -0.1) is 0 Å². The number of para-hydroxylation sites is 1. The summed E-state index contributed by atoms with van der Waals surface area (Å²) in [5.74, 6) is -0.377. The molecule has 0 spiro atoms. The predicted octanol–water partition coefficient (Wildman–Crippen LogP) is 4.91. The van der Waals surface area contributed by atoms with Gasteiger partial charge in [-0.1, -0.05) is 29.8 Å². The van der Waals surface area contributed by atoms with Crippen LogP contribution in [0.1, 0.15) is 18.4 Å². The number of hydrogen-bond acceptors (Lipinski definition) is 3. The molecule has 2 heterocycles. The Hall–Kier alpha value is -2.63. The van der Waals surface area contributed by atoms with E-state index in [1.165, 1.54) is 12.1 Å². The molecule has 6 heteroatoms. The molecule has 0 atom stereocenters. The minimum absolute atomic E-state index is 0.0757. The van der Waals surface area contributed by atoms with Gasteiger partial charge in [-0.05, 0) is 60.4 Å². The fraction of sp³-hybridized carbons (Fsp3) is 0.292. The molecule has 0 saturated carbocycles. The van der Waals surface area contributed by atoms with Gasteiger partial charge in [-0.2, -0.15) is 0 Å². The van der Waals surface area contributed by atoms with Gasteiger partial charge in [-0.3, -0.25) is 4.79 Å². The lowest BCUT2D eigenvalue weighted by molar-refractivity contribution is -0.114. The maximum absolute atomic E-state index is 13.8. The molecule has 2 aromatic carbocycles. The number of rotatable bonds is 5. The van der Waals surface area contributed by atoms with Crippen LogP contribution >= 0.6 is 11.6 Å². The molecule has 4 rings (SSSR count). The van der Waals surface area contributed by atoms with Crippen LogP contribution in [0.25, 0.3) is 5.70 Å². The second-order valence-electron chi connectivity index (χ2n) is 7.41. The normalized spacial score (nSPS) is 17.0. The van der Waals surface area contributed by atoms with E-state index in [0.717, 1.165) is 29.7 Å². The van der Waals surface area contributed by atoms with E-state index in [4.69, 9.17) is 16.3 Å². The number of halogens is 2. The van der Waals surface area contributed by atoms with Crippen molar-refractivity contribution in [3.05, 3.63) is 82.2 Å². The molecule has 0 N–H and O–H groups in total. The van der Waals surface area contributed by atoms with Crippen LogP contribution in [0.15, 0.2) is 65.8 Å². The Morgan fingerprint density at radius 1 is 1.13 bits per heavy atom. The van der Waals surface area contributed by atoms with Crippen LogP contribution in [0.4, 0.5) is 10.1 Å². The van der Waals surface area contributed by atoms with Crippen molar-refractivity contribution in [2.24, 2.45) is 0 Å². The van der Waals surface area contributed by atoms with E-state index in [9.17, 15) is 9.18 Å². The Labute approximate surface area is 181 Å². The second kappa shape index (κ2) is 9.02. The van der Waals surface area contributed by atoms with Gasteiger partial charge in [0.2, 0.25) is 0 Å². The Bertz CT molecular complexity index is 1000. The minimum Gasteiger partial charge on any atom is -0.383 e. The SMILES string of the molecule is COCCN1CC=C2CCCN(c3ccccc3Cl)C(=O)C2=C1c1ccc(F)cc1. The molecule has 0 radical (unpaired) electrons. The van der Waals surface area contributed by atoms with Gasteiger partial charge in [-0.25, -0.2) is 4.39 Å². The first kappa shape index (κ1) is 20.6. The number of amides is 1. The number of benzene rings is 2. The number of hydrogen-bond donors (Lipinski definition) is 0. The largest absolute Gasteiger partial charge is 0.383 e. The zero-order valence-electron chi connectivity index (χ0n) is 16.9. The third kappa shape index (κ3) is 4.00. The van der Waals surface area contributed by atoms with E-state index >= 15 is 0 Å². The predicted molar refractivity (Wildman–Crippen MR) is 118 cm³/mol. The van der Waals surface area contributed by atoms with Crippen molar-refractivity contribution < 1.29 is 13.9 Å². The summed E-state index contributed by atoms with van der Waals surface area (Å²) in [5, 5.41) is 0.550. The summed E-state index contributed by atoms with van der Waals surface area (Å²) < 4.78 is 18.9. The molecule has 1 amide bonds. The van der Waals surface area contributed by atoms with E-state index in [-0.39, 0.29) is 11.7 Å². The van der Waals surface area contributed by atoms with Crippen LogP contribution in [0.5, 0.6) is 0 Å². The average Bonchev–Trinajstić information content (AvgIpc) is 2.92. The third-order valence-electron chi connectivity index (χ3n) is 5.55. The van der Waals surface area contributed by atoms with Crippen LogP contribution in [-0.2, 0) is 9.53 Å². The Morgan fingerprint density at radius 2 is 1.90 bits per heavy atom. The summed E-state index contributed by atoms with van der Waals surface area (Å²) in [6, 6.07) is 13.7. The van der Waals surface area contributed by atoms with Crippen molar-refractivity contribution in [2.45, 2.75) is 12.8 Å². The van der Waals surface area contributed by atoms with Gasteiger partial charge in [0.1, 0.15) is 5.82 Å². The van der Waals surface area contributed by atoms with Gasteiger partial charge in [0.25, 0.3) is 5.91 Å². The lowest BCUT2D eigenvalue weighted by Gasteiger charge is -2.34. The van der Waals surface area contributed by atoms with Gasteiger partial charge in [0.15, 0.2) is 0 Å². The number of ether oxygens (including phenoxy) is 1. The summed E-state index contributed by atoms with van der Waals surface area (Å²) in [5.41, 5.74) is 4.07. The van der Waals surface area contributed by atoms with E-state index in [2.05, 4.69) is 11.0 Å². The number of fused-ring (bicyclic) bond motifs is 1. The lowest BCUT2D eigenvalue weighted by Crippen LogP contribution is -2.36. The second-order valence-corrected chi connectivity index (χ2v) is 7.82. The van der Waals surface area contributed by atoms with Gasteiger partial charge in [0.05, 0.1) is 28.6 Å². The maximum atomic E-state index is 13.8. The number of carbonyl (C=O) groups is 1. The standard InChI is InChI=1S/C24H24ClFN2O2/c1-30-16-15-27-14-12-17-5-4-13-28(21-7-3-2-6-20(21)25)24(29)22(17)23(27)18-8-10-19(26)11-9-18/h2-3,6-12H,4-5,13-16H2,1H3. The van der Waals surface area contributed by atoms with Gasteiger partial charge >= 0.3 is 0 Å². The molecule has 2 aliphatic heterocycles. The van der Waals surface area contributed by atoms with E-state index < -0.39 is 0 Å². The maximum Gasteiger partial charge on any atom is 0.260 e. The Kier molecular flexibility index (Phi) is 6.21. The fourth-order valence-corrected chi connectivity index (χ4v) is 4.33. The first-order valence-electron chi connectivity index (χ1n) is 10.1. The highest BCUT2D eigenvalue weighted by molar-refractivity contribution is 6.34. The summed E-state index contributed by atoms with van der Waals surface area (Å²) in [6.07, 6.45) is 3.79. The third-order valence-corrected chi connectivity index (χ3v) is 5.86. The first-order valence-corrected chi connectivity index (χ1v) is 10.5. The van der Waals surface area contributed by atoms with Gasteiger partial charge < -0.3 is 14.5 Å². The average molecular weight is 427 g/mol. The molecule has 1 fully saturated rings. The van der Waals surface area contributed by atoms with E-state index in [1.807, 2.05) is 18.2 Å². The van der Waals surface area contributed by atoms with Crippen molar-refractivity contribution in [1.82, 2.24) is 4.90 Å². The van der Waals surface area contributed by atoms with Crippen molar-refractivity contribution in [3.8, 4) is 0 Å². The molecule has 156 valence electrons. The summed E-state index contributed by atoms with van der Waals surface area (Å²) >= 11 is 6.43. The van der Waals surface area contributed by atoms with Crippen molar-refractivity contribution in [3.63, 3.8) is 0 Å². The van der Waals surface area contributed by atoms with Crippen LogP contribution in [-0.4, -0.2) is 44.2 Å². The van der Waals surface area contributed by atoms with Crippen LogP contribution in [0, 0.1) is 5.82 Å². The first-order chi connectivity index (χ1) is 14.6. The highest BCUT2D eigenvalue weighted by atomic mass is 35.5. The molecular weight excluding hydrogens is 403 g/mol. The zero-order valence-corrected chi connectivity index (χ0v) is 17.7. The fourth-order valence-electron chi connectivity index (χ4n) is 4.09. The lowest BCUT2D eigenvalue weighted by atomic mass is 9.92. The molecule has 0 aliphatic carbocycles. The molecular formula is C24H24ClFN2O2. The molecule has 2 aliphatic rings. The summed E-state index contributed by atoms with van der Waals surface area (Å²) in [4.78, 5) is 17.7. The minimum atomic E-state index is -0.302. The zero-order chi connectivity index (χ0) is 21.1. The topological polar surface area (TPSA) is 32.8 Å². The molecule has 4 nitrogen and oxygen atoms in total. The number of anilines is 1. The quantitative estimate of drug-likeness (QED) is 0.681. The monoisotopic (exact) mass is 426 g/mol. The van der Waals surface area contributed by atoms with Crippen molar-refractivity contribution in [2.75, 3.05) is 38.3 Å². The van der Waals surface area contributed by atoms with E-state index in [0.29, 0.717) is 42.5 Å². The molecule has 1 saturated heterocycles. The number of carbonyl (C=O) groups excluding carboxylic acids is 1. The molecule has 0 unspecified atom stereocenters. The molecule has 2 aromatic rings. The smallest absolute Gasteiger partial charge is 0.260 e.